The topological polar surface area (TPSA) is 52.6 Å². The predicted octanol–water partition coefficient (Wildman–Crippen LogP) is 5.19. The molecule has 0 aromatic heterocycles. The number of hydrogen-bond donors (Lipinski definition) is 0. The van der Waals surface area contributed by atoms with Crippen LogP contribution in [0.15, 0.2) is 36.1 Å². The maximum atomic E-state index is 13.1. The van der Waals surface area contributed by atoms with Crippen LogP contribution in [0.1, 0.15) is 56.3 Å². The van der Waals surface area contributed by atoms with Gasteiger partial charge in [0, 0.05) is 6.92 Å². The fraction of sp³-hybridized carbons (Fsp3) is 0.444. The number of benzene rings is 1. The number of allylic oxidation sites excluding steroid dienone is 2. The van der Waals surface area contributed by atoms with Crippen LogP contribution in [0, 0.1) is 0 Å². The minimum absolute atomic E-state index is 0.149. The van der Waals surface area contributed by atoms with Crippen molar-refractivity contribution in [3.63, 3.8) is 0 Å². The summed E-state index contributed by atoms with van der Waals surface area (Å²) in [5.74, 6) is -3.42. The Hall–Kier alpha value is -2.31. The van der Waals surface area contributed by atoms with E-state index in [1.807, 2.05) is 6.92 Å². The minimum atomic E-state index is -4.78. The lowest BCUT2D eigenvalue weighted by Gasteiger charge is -2.13. The molecule has 138 valence electrons. The van der Waals surface area contributed by atoms with Crippen molar-refractivity contribution >= 4 is 11.9 Å². The van der Waals surface area contributed by atoms with Crippen LogP contribution < -0.4 is 4.74 Å². The maximum absolute atomic E-state index is 13.1. The number of alkyl halides is 3. The summed E-state index contributed by atoms with van der Waals surface area (Å²) >= 11 is 0. The van der Waals surface area contributed by atoms with Crippen LogP contribution in [-0.2, 0) is 9.53 Å². The number of halogens is 3. The zero-order valence-electron chi connectivity index (χ0n) is 14.2. The summed E-state index contributed by atoms with van der Waals surface area (Å²) in [5.41, 5.74) is -0.251. The van der Waals surface area contributed by atoms with Gasteiger partial charge in [-0.05, 0) is 31.1 Å². The lowest BCUT2D eigenvalue weighted by atomic mass is 10.1. The van der Waals surface area contributed by atoms with Crippen molar-refractivity contribution in [3.05, 3.63) is 41.7 Å². The van der Waals surface area contributed by atoms with Crippen LogP contribution in [0.2, 0.25) is 0 Å². The molecule has 0 saturated carbocycles. The van der Waals surface area contributed by atoms with E-state index in [9.17, 15) is 22.8 Å². The number of rotatable bonds is 8. The van der Waals surface area contributed by atoms with Gasteiger partial charge in [-0.2, -0.15) is 13.2 Å². The lowest BCUT2D eigenvalue weighted by molar-refractivity contribution is -0.132. The molecule has 0 radical (unpaired) electrons. The van der Waals surface area contributed by atoms with E-state index in [0.29, 0.717) is 6.42 Å². The number of carbonyl (C=O) groups is 2. The molecule has 0 spiro atoms. The van der Waals surface area contributed by atoms with Gasteiger partial charge in [0.25, 0.3) is 0 Å². The molecule has 0 N–H and O–H groups in total. The van der Waals surface area contributed by atoms with Crippen molar-refractivity contribution in [1.29, 1.82) is 0 Å². The zero-order valence-corrected chi connectivity index (χ0v) is 14.2. The van der Waals surface area contributed by atoms with Gasteiger partial charge in [-0.3, -0.25) is 4.79 Å². The minimum Gasteiger partial charge on any atom is -0.426 e. The van der Waals surface area contributed by atoms with E-state index in [1.165, 1.54) is 24.3 Å². The Kier molecular flexibility index (Phi) is 8.18. The van der Waals surface area contributed by atoms with E-state index in [0.717, 1.165) is 32.3 Å². The SMILES string of the molecule is CCCCCC/C=C(/OC(=O)c1ccccc1OC(C)=O)C(F)(F)F. The normalized spacial score (nSPS) is 12.0. The van der Waals surface area contributed by atoms with Crippen LogP contribution >= 0.6 is 0 Å². The molecule has 0 aliphatic heterocycles. The molecular formula is C18H21F3O4. The Morgan fingerprint density at radius 1 is 1.12 bits per heavy atom. The highest BCUT2D eigenvalue weighted by Gasteiger charge is 2.37. The van der Waals surface area contributed by atoms with Crippen molar-refractivity contribution in [1.82, 2.24) is 0 Å². The third kappa shape index (κ3) is 7.41. The average molecular weight is 358 g/mol. The van der Waals surface area contributed by atoms with E-state index in [4.69, 9.17) is 4.74 Å². The van der Waals surface area contributed by atoms with E-state index >= 15 is 0 Å². The summed E-state index contributed by atoms with van der Waals surface area (Å²) in [6.07, 6.45) is -0.453. The molecule has 0 atom stereocenters. The van der Waals surface area contributed by atoms with Crippen LogP contribution in [0.4, 0.5) is 13.2 Å². The number of hydrogen-bond acceptors (Lipinski definition) is 4. The molecular weight excluding hydrogens is 337 g/mol. The van der Waals surface area contributed by atoms with Gasteiger partial charge in [0.2, 0.25) is 5.76 Å². The summed E-state index contributed by atoms with van der Waals surface area (Å²) in [6.45, 7) is 3.12. The van der Waals surface area contributed by atoms with Crippen molar-refractivity contribution in [3.8, 4) is 5.75 Å². The Morgan fingerprint density at radius 3 is 2.40 bits per heavy atom. The maximum Gasteiger partial charge on any atom is 0.449 e. The molecule has 0 unspecified atom stereocenters. The quantitative estimate of drug-likeness (QED) is 0.278. The van der Waals surface area contributed by atoms with E-state index in [2.05, 4.69) is 4.74 Å². The van der Waals surface area contributed by atoms with Crippen molar-refractivity contribution in [2.75, 3.05) is 0 Å². The van der Waals surface area contributed by atoms with Gasteiger partial charge < -0.3 is 9.47 Å². The molecule has 0 aliphatic carbocycles. The lowest BCUT2D eigenvalue weighted by Crippen LogP contribution is -2.19. The highest BCUT2D eigenvalue weighted by molar-refractivity contribution is 5.94. The van der Waals surface area contributed by atoms with E-state index in [1.54, 1.807) is 0 Å². The monoisotopic (exact) mass is 358 g/mol. The Morgan fingerprint density at radius 2 is 1.80 bits per heavy atom. The van der Waals surface area contributed by atoms with Crippen LogP contribution in [0.3, 0.4) is 0 Å². The van der Waals surface area contributed by atoms with Crippen molar-refractivity contribution < 1.29 is 32.2 Å². The molecule has 1 rings (SSSR count). The first kappa shape index (κ1) is 20.7. The second-order valence-corrected chi connectivity index (χ2v) is 5.39. The molecule has 1 aromatic rings. The van der Waals surface area contributed by atoms with Gasteiger partial charge in [-0.15, -0.1) is 0 Å². The van der Waals surface area contributed by atoms with Gasteiger partial charge in [0.15, 0.2) is 0 Å². The number of para-hydroxylation sites is 1. The molecule has 0 saturated heterocycles. The fourth-order valence-corrected chi connectivity index (χ4v) is 2.05. The van der Waals surface area contributed by atoms with Crippen molar-refractivity contribution in [2.24, 2.45) is 0 Å². The second-order valence-electron chi connectivity index (χ2n) is 5.39. The number of unbranched alkanes of at least 4 members (excludes halogenated alkanes) is 4. The molecule has 4 nitrogen and oxygen atoms in total. The molecule has 0 aliphatic rings. The molecule has 7 heteroatoms. The van der Waals surface area contributed by atoms with Gasteiger partial charge in [0.05, 0.1) is 0 Å². The second kappa shape index (κ2) is 9.86. The number of ether oxygens (including phenoxy) is 2. The molecule has 0 bridgehead atoms. The van der Waals surface area contributed by atoms with Crippen LogP contribution in [0.5, 0.6) is 5.75 Å². The third-order valence-corrected chi connectivity index (χ3v) is 3.23. The third-order valence-electron chi connectivity index (χ3n) is 3.23. The Labute approximate surface area is 144 Å². The average Bonchev–Trinajstić information content (AvgIpc) is 2.52. The van der Waals surface area contributed by atoms with E-state index in [-0.39, 0.29) is 17.7 Å². The summed E-state index contributed by atoms with van der Waals surface area (Å²) in [6, 6.07) is 5.46. The fourth-order valence-electron chi connectivity index (χ4n) is 2.05. The van der Waals surface area contributed by atoms with Crippen molar-refractivity contribution in [2.45, 2.75) is 52.1 Å². The molecule has 0 heterocycles. The van der Waals surface area contributed by atoms with E-state index < -0.39 is 23.9 Å². The summed E-state index contributed by atoms with van der Waals surface area (Å²) in [7, 11) is 0. The molecule has 0 amide bonds. The van der Waals surface area contributed by atoms with Gasteiger partial charge in [-0.1, -0.05) is 38.3 Å². The number of carbonyl (C=O) groups excluding carboxylic acids is 2. The summed E-state index contributed by atoms with van der Waals surface area (Å²) in [4.78, 5) is 23.1. The first-order chi connectivity index (χ1) is 11.8. The Balaban J connectivity index is 2.89. The van der Waals surface area contributed by atoms with Crippen LogP contribution in [-0.4, -0.2) is 18.1 Å². The molecule has 25 heavy (non-hydrogen) atoms. The first-order valence-corrected chi connectivity index (χ1v) is 8.02. The summed E-state index contributed by atoms with van der Waals surface area (Å²) < 4.78 is 48.5. The zero-order chi connectivity index (χ0) is 18.9. The highest BCUT2D eigenvalue weighted by atomic mass is 19.4. The first-order valence-electron chi connectivity index (χ1n) is 8.02. The smallest absolute Gasteiger partial charge is 0.426 e. The summed E-state index contributed by atoms with van der Waals surface area (Å²) in [5, 5.41) is 0. The van der Waals surface area contributed by atoms with Gasteiger partial charge in [0.1, 0.15) is 11.3 Å². The molecule has 1 aromatic carbocycles. The predicted molar refractivity (Wildman–Crippen MR) is 86.1 cm³/mol. The van der Waals surface area contributed by atoms with Gasteiger partial charge >= 0.3 is 18.1 Å². The molecule has 0 fully saturated rings. The highest BCUT2D eigenvalue weighted by Crippen LogP contribution is 2.29. The number of esters is 2. The Bertz CT molecular complexity index is 621. The van der Waals surface area contributed by atoms with Gasteiger partial charge in [-0.25, -0.2) is 4.79 Å². The van der Waals surface area contributed by atoms with Crippen LogP contribution in [0.25, 0.3) is 0 Å². The largest absolute Gasteiger partial charge is 0.449 e. The standard InChI is InChI=1S/C18H21F3O4/c1-3-4-5-6-7-12-16(18(19,20)21)25-17(23)14-10-8-9-11-15(14)24-13(2)22/h8-12H,3-7H2,1-2H3/b16-12+.